The second kappa shape index (κ2) is 10.8. The predicted molar refractivity (Wildman–Crippen MR) is 131 cm³/mol. The van der Waals surface area contributed by atoms with Gasteiger partial charge in [-0.1, -0.05) is 84.0 Å². The normalized spacial score (nSPS) is 10.5. The number of carbonyl (C=O) groups excluding carboxylic acids is 1. The van der Waals surface area contributed by atoms with Gasteiger partial charge in [-0.3, -0.25) is 14.3 Å². The van der Waals surface area contributed by atoms with Crippen LogP contribution in [0.25, 0.3) is 11.4 Å². The minimum absolute atomic E-state index is 0.0228. The second-order valence-corrected chi connectivity index (χ2v) is 8.47. The van der Waals surface area contributed by atoms with Crippen molar-refractivity contribution in [3.05, 3.63) is 95.5 Å². The number of nitriles is 1. The summed E-state index contributed by atoms with van der Waals surface area (Å²) in [7, 11) is 0. The van der Waals surface area contributed by atoms with Crippen molar-refractivity contribution in [1.29, 1.82) is 5.26 Å². The molecule has 0 radical (unpaired) electrons. The van der Waals surface area contributed by atoms with E-state index in [2.05, 4.69) is 16.3 Å². The number of thioether (sulfide) groups is 1. The molecule has 0 spiro atoms. The van der Waals surface area contributed by atoms with Gasteiger partial charge in [0.2, 0.25) is 5.91 Å². The molecule has 1 aromatic heterocycles. The first-order valence-corrected chi connectivity index (χ1v) is 11.6. The van der Waals surface area contributed by atoms with Crippen molar-refractivity contribution in [3.8, 4) is 17.5 Å². The number of hydrogen-bond acceptors (Lipinski definition) is 5. The molecule has 0 atom stereocenters. The van der Waals surface area contributed by atoms with Crippen molar-refractivity contribution >= 4 is 35.0 Å². The van der Waals surface area contributed by atoms with Crippen LogP contribution in [-0.2, 0) is 11.3 Å². The molecular weight excluding hydrogens is 454 g/mol. The Kier molecular flexibility index (Phi) is 7.40. The van der Waals surface area contributed by atoms with Crippen molar-refractivity contribution in [3.63, 3.8) is 0 Å². The van der Waals surface area contributed by atoms with Crippen LogP contribution >= 0.6 is 23.4 Å². The van der Waals surface area contributed by atoms with E-state index >= 15 is 0 Å². The molecule has 0 aliphatic rings. The predicted octanol–water partition coefficient (Wildman–Crippen LogP) is 5.30. The molecule has 0 aliphatic heterocycles. The Morgan fingerprint density at radius 2 is 1.64 bits per heavy atom. The molecule has 3 aromatic carbocycles. The molecule has 0 bridgehead atoms. The van der Waals surface area contributed by atoms with Gasteiger partial charge in [0.1, 0.15) is 6.54 Å². The number of benzene rings is 3. The standard InChI is InChI=1S/C25H20ClN5OS/c26-22-14-8-7-13-21(22)24-28-29-25(31(24)17-19-9-3-1-4-10-19)33-18-23(32)30(16-15-27)20-11-5-2-6-12-20/h1-14H,16-18H2. The molecule has 8 heteroatoms. The molecule has 4 aromatic rings. The van der Waals surface area contributed by atoms with Gasteiger partial charge >= 0.3 is 0 Å². The third-order valence-electron chi connectivity index (χ3n) is 4.94. The SMILES string of the molecule is N#CCN(C(=O)CSc1nnc(-c2ccccc2Cl)n1Cc1ccccc1)c1ccccc1. The maximum atomic E-state index is 13.0. The molecule has 33 heavy (non-hydrogen) atoms. The van der Waals surface area contributed by atoms with Gasteiger partial charge in [0.25, 0.3) is 0 Å². The van der Waals surface area contributed by atoms with Gasteiger partial charge in [0.05, 0.1) is 23.4 Å². The molecule has 0 unspecified atom stereocenters. The van der Waals surface area contributed by atoms with E-state index in [1.54, 1.807) is 0 Å². The van der Waals surface area contributed by atoms with Crippen molar-refractivity contribution < 1.29 is 4.79 Å². The quantitative estimate of drug-likeness (QED) is 0.256. The lowest BCUT2D eigenvalue weighted by Gasteiger charge is -2.19. The van der Waals surface area contributed by atoms with E-state index in [0.29, 0.717) is 28.2 Å². The summed E-state index contributed by atoms with van der Waals surface area (Å²) in [6.45, 7) is 0.510. The molecule has 1 heterocycles. The van der Waals surface area contributed by atoms with Gasteiger partial charge in [-0.05, 0) is 29.8 Å². The summed E-state index contributed by atoms with van der Waals surface area (Å²) in [6, 6.07) is 28.7. The Morgan fingerprint density at radius 1 is 0.970 bits per heavy atom. The number of rotatable bonds is 8. The number of aromatic nitrogens is 3. The van der Waals surface area contributed by atoms with Crippen molar-refractivity contribution in [1.82, 2.24) is 14.8 Å². The van der Waals surface area contributed by atoms with Crippen LogP contribution in [0, 0.1) is 11.3 Å². The first-order valence-electron chi connectivity index (χ1n) is 10.2. The topological polar surface area (TPSA) is 74.8 Å². The van der Waals surface area contributed by atoms with E-state index in [9.17, 15) is 10.1 Å². The highest BCUT2D eigenvalue weighted by Crippen LogP contribution is 2.30. The zero-order chi connectivity index (χ0) is 23.0. The van der Waals surface area contributed by atoms with E-state index in [1.165, 1.54) is 16.7 Å². The number of hydrogen-bond donors (Lipinski definition) is 0. The number of anilines is 1. The molecular formula is C25H20ClN5OS. The Balaban J connectivity index is 1.61. The van der Waals surface area contributed by atoms with Crippen molar-refractivity contribution in [2.45, 2.75) is 11.7 Å². The van der Waals surface area contributed by atoms with Gasteiger partial charge in [-0.2, -0.15) is 5.26 Å². The van der Waals surface area contributed by atoms with E-state index in [0.717, 1.165) is 11.1 Å². The zero-order valence-corrected chi connectivity index (χ0v) is 19.2. The fraction of sp³-hybridized carbons (Fsp3) is 0.120. The minimum Gasteiger partial charge on any atom is -0.298 e. The number of halogens is 1. The lowest BCUT2D eigenvalue weighted by molar-refractivity contribution is -0.116. The Morgan fingerprint density at radius 3 is 2.33 bits per heavy atom. The van der Waals surface area contributed by atoms with Gasteiger partial charge < -0.3 is 0 Å². The Hall–Kier alpha value is -3.60. The maximum absolute atomic E-state index is 13.0. The lowest BCUT2D eigenvalue weighted by Crippen LogP contribution is -2.32. The highest BCUT2D eigenvalue weighted by atomic mass is 35.5. The summed E-state index contributed by atoms with van der Waals surface area (Å²) >= 11 is 7.73. The van der Waals surface area contributed by atoms with Gasteiger partial charge in [0.15, 0.2) is 11.0 Å². The Bertz CT molecular complexity index is 1270. The fourth-order valence-electron chi connectivity index (χ4n) is 3.35. The van der Waals surface area contributed by atoms with Crippen LogP contribution in [0.4, 0.5) is 5.69 Å². The molecule has 0 saturated carbocycles. The molecule has 1 amide bonds. The van der Waals surface area contributed by atoms with Crippen LogP contribution in [-0.4, -0.2) is 33.0 Å². The number of amides is 1. The van der Waals surface area contributed by atoms with Crippen LogP contribution in [0.1, 0.15) is 5.56 Å². The summed E-state index contributed by atoms with van der Waals surface area (Å²) in [5, 5.41) is 19.1. The molecule has 0 N–H and O–H groups in total. The number of carbonyl (C=O) groups is 1. The first-order chi connectivity index (χ1) is 16.2. The minimum atomic E-state index is -0.179. The molecule has 0 aliphatic carbocycles. The molecule has 6 nitrogen and oxygen atoms in total. The van der Waals surface area contributed by atoms with E-state index < -0.39 is 0 Å². The highest BCUT2D eigenvalue weighted by Gasteiger charge is 2.20. The van der Waals surface area contributed by atoms with Gasteiger partial charge in [-0.15, -0.1) is 10.2 Å². The smallest absolute Gasteiger partial charge is 0.238 e. The summed E-state index contributed by atoms with van der Waals surface area (Å²) in [6.07, 6.45) is 0. The highest BCUT2D eigenvalue weighted by molar-refractivity contribution is 7.99. The monoisotopic (exact) mass is 473 g/mol. The molecule has 164 valence electrons. The van der Waals surface area contributed by atoms with Crippen molar-refractivity contribution in [2.24, 2.45) is 0 Å². The third-order valence-corrected chi connectivity index (χ3v) is 6.22. The summed E-state index contributed by atoms with van der Waals surface area (Å²) in [5.74, 6) is 0.573. The lowest BCUT2D eigenvalue weighted by atomic mass is 10.2. The van der Waals surface area contributed by atoms with Crippen molar-refractivity contribution in [2.75, 3.05) is 17.2 Å². The maximum Gasteiger partial charge on any atom is 0.238 e. The summed E-state index contributed by atoms with van der Waals surface area (Å²) in [5.41, 5.74) is 2.54. The third kappa shape index (κ3) is 5.43. The number of para-hydroxylation sites is 1. The first kappa shape index (κ1) is 22.6. The average Bonchev–Trinajstić information content (AvgIpc) is 3.24. The van der Waals surface area contributed by atoms with E-state index in [4.69, 9.17) is 11.6 Å². The summed E-state index contributed by atoms with van der Waals surface area (Å²) < 4.78 is 1.96. The van der Waals surface area contributed by atoms with E-state index in [-0.39, 0.29) is 18.2 Å². The average molecular weight is 474 g/mol. The summed E-state index contributed by atoms with van der Waals surface area (Å²) in [4.78, 5) is 14.5. The van der Waals surface area contributed by atoms with Crippen LogP contribution in [0.5, 0.6) is 0 Å². The van der Waals surface area contributed by atoms with Gasteiger partial charge in [-0.25, -0.2) is 0 Å². The fourth-order valence-corrected chi connectivity index (χ4v) is 4.39. The van der Waals surface area contributed by atoms with E-state index in [1.807, 2.05) is 89.5 Å². The largest absolute Gasteiger partial charge is 0.298 e. The Labute approximate surface area is 201 Å². The van der Waals surface area contributed by atoms with Gasteiger partial charge in [0, 0.05) is 11.3 Å². The zero-order valence-electron chi connectivity index (χ0n) is 17.6. The second-order valence-electron chi connectivity index (χ2n) is 7.12. The van der Waals surface area contributed by atoms with Crippen LogP contribution in [0.15, 0.2) is 90.1 Å². The van der Waals surface area contributed by atoms with Crippen LogP contribution < -0.4 is 4.90 Å². The molecule has 4 rings (SSSR count). The number of nitrogens with zero attached hydrogens (tertiary/aromatic N) is 5. The van der Waals surface area contributed by atoms with Crippen LogP contribution in [0.2, 0.25) is 5.02 Å². The molecule has 0 fully saturated rings. The molecule has 0 saturated heterocycles. The van der Waals surface area contributed by atoms with Crippen LogP contribution in [0.3, 0.4) is 0 Å².